The summed E-state index contributed by atoms with van der Waals surface area (Å²) in [4.78, 5) is 13.7. The molecule has 2 heteroatoms. The zero-order chi connectivity index (χ0) is 15.8. The highest BCUT2D eigenvalue weighted by Crippen LogP contribution is 2.08. The fraction of sp³-hybridized carbons (Fsp3) is 0.947. The minimum Gasteiger partial charge on any atom is -0.299 e. The molecule has 0 N–H and O–H groups in total. The lowest BCUT2D eigenvalue weighted by atomic mass is 10.1. The predicted octanol–water partition coefficient (Wildman–Crippen LogP) is 5.60. The van der Waals surface area contributed by atoms with Gasteiger partial charge in [-0.25, -0.2) is 0 Å². The zero-order valence-electron chi connectivity index (χ0n) is 15.0. The molecule has 0 bridgehead atoms. The molecule has 0 aliphatic rings. The minimum absolute atomic E-state index is 0.312. The fourth-order valence-corrected chi connectivity index (χ4v) is 2.82. The van der Waals surface area contributed by atoms with E-state index in [-0.39, 0.29) is 0 Å². The first-order valence-corrected chi connectivity index (χ1v) is 9.42. The van der Waals surface area contributed by atoms with Crippen molar-refractivity contribution in [2.45, 2.75) is 97.8 Å². The molecule has 0 amide bonds. The number of carbonyl (C=O) groups is 1. The molecule has 0 saturated heterocycles. The third-order valence-electron chi connectivity index (χ3n) is 4.10. The molecule has 0 fully saturated rings. The first-order valence-electron chi connectivity index (χ1n) is 9.42. The Balaban J connectivity index is 3.64. The smallest absolute Gasteiger partial charge is 0.143 e. The average Bonchev–Trinajstić information content (AvgIpc) is 2.45. The van der Waals surface area contributed by atoms with Crippen molar-refractivity contribution >= 4 is 5.78 Å². The van der Waals surface area contributed by atoms with Crippen LogP contribution >= 0.6 is 0 Å². The Bertz CT molecular complexity index is 212. The quantitative estimate of drug-likeness (QED) is 0.346. The highest BCUT2D eigenvalue weighted by Gasteiger charge is 2.07. The predicted molar refractivity (Wildman–Crippen MR) is 93.9 cm³/mol. The van der Waals surface area contributed by atoms with Crippen LogP contribution in [0.5, 0.6) is 0 Å². The molecule has 0 spiro atoms. The van der Waals surface area contributed by atoms with Gasteiger partial charge in [0, 0.05) is 0 Å². The number of nitrogens with zero attached hydrogens (tertiary/aromatic N) is 1. The molecule has 0 atom stereocenters. The summed E-state index contributed by atoms with van der Waals surface area (Å²) < 4.78 is 0. The van der Waals surface area contributed by atoms with Crippen LogP contribution in [0.4, 0.5) is 0 Å². The summed E-state index contributed by atoms with van der Waals surface area (Å²) in [6.07, 6.45) is 16.0. The second-order valence-electron chi connectivity index (χ2n) is 6.51. The summed E-state index contributed by atoms with van der Waals surface area (Å²) in [5.41, 5.74) is 0. The topological polar surface area (TPSA) is 20.3 Å². The van der Waals surface area contributed by atoms with Crippen molar-refractivity contribution < 1.29 is 4.79 Å². The molecule has 0 aromatic carbocycles. The van der Waals surface area contributed by atoms with Gasteiger partial charge in [0.1, 0.15) is 5.78 Å². The Morgan fingerprint density at radius 2 is 1.05 bits per heavy atom. The molecule has 2 nitrogen and oxygen atoms in total. The number of Topliss-reactive ketones (excluding diaryl/α,β-unsaturated/α-hetero) is 1. The van der Waals surface area contributed by atoms with E-state index in [1.807, 2.05) is 0 Å². The maximum atomic E-state index is 11.4. The Labute approximate surface area is 133 Å². The Morgan fingerprint density at radius 3 is 1.43 bits per heavy atom. The van der Waals surface area contributed by atoms with E-state index in [1.165, 1.54) is 77.0 Å². The number of carbonyl (C=O) groups excluding carboxylic acids is 1. The molecular weight excluding hydrogens is 258 g/mol. The highest BCUT2D eigenvalue weighted by atomic mass is 16.1. The summed E-state index contributed by atoms with van der Waals surface area (Å²) in [6.45, 7) is 9.12. The van der Waals surface area contributed by atoms with Crippen LogP contribution in [0.2, 0.25) is 0 Å². The number of ketones is 1. The average molecular weight is 298 g/mol. The van der Waals surface area contributed by atoms with Gasteiger partial charge in [0.2, 0.25) is 0 Å². The van der Waals surface area contributed by atoms with Gasteiger partial charge in [-0.1, -0.05) is 78.1 Å². The lowest BCUT2D eigenvalue weighted by molar-refractivity contribution is -0.118. The van der Waals surface area contributed by atoms with Crippen LogP contribution in [0.25, 0.3) is 0 Å². The van der Waals surface area contributed by atoms with Crippen molar-refractivity contribution in [2.24, 2.45) is 0 Å². The molecule has 0 aliphatic heterocycles. The van der Waals surface area contributed by atoms with Crippen molar-refractivity contribution in [3.8, 4) is 0 Å². The van der Waals surface area contributed by atoms with Crippen molar-refractivity contribution in [2.75, 3.05) is 19.6 Å². The van der Waals surface area contributed by atoms with Crippen LogP contribution in [-0.2, 0) is 4.79 Å². The Hall–Kier alpha value is -0.370. The summed E-state index contributed by atoms with van der Waals surface area (Å²) in [5.74, 6) is 0.312. The van der Waals surface area contributed by atoms with Crippen molar-refractivity contribution in [3.05, 3.63) is 0 Å². The standard InChI is InChI=1S/C19H39NO/c1-4-6-8-10-12-14-16-20(18-19(3)21)17-15-13-11-9-7-5-2/h4-18H2,1-3H3. The van der Waals surface area contributed by atoms with Gasteiger partial charge in [-0.15, -0.1) is 0 Å². The normalized spacial score (nSPS) is 11.2. The largest absolute Gasteiger partial charge is 0.299 e. The van der Waals surface area contributed by atoms with Crippen LogP contribution < -0.4 is 0 Å². The minimum atomic E-state index is 0.312. The van der Waals surface area contributed by atoms with Gasteiger partial charge in [0.05, 0.1) is 6.54 Å². The van der Waals surface area contributed by atoms with Gasteiger partial charge in [-0.3, -0.25) is 9.69 Å². The van der Waals surface area contributed by atoms with E-state index in [2.05, 4.69) is 18.7 Å². The summed E-state index contributed by atoms with van der Waals surface area (Å²) in [7, 11) is 0. The van der Waals surface area contributed by atoms with Crippen LogP contribution in [0, 0.1) is 0 Å². The SMILES string of the molecule is CCCCCCCCN(CCCCCCCC)CC(C)=O. The van der Waals surface area contributed by atoms with Crippen LogP contribution in [0.15, 0.2) is 0 Å². The van der Waals surface area contributed by atoms with E-state index in [0.717, 1.165) is 13.1 Å². The second-order valence-corrected chi connectivity index (χ2v) is 6.51. The number of rotatable bonds is 16. The van der Waals surface area contributed by atoms with Crippen molar-refractivity contribution in [1.29, 1.82) is 0 Å². The molecule has 21 heavy (non-hydrogen) atoms. The molecule has 0 aromatic rings. The molecule has 0 saturated carbocycles. The maximum absolute atomic E-state index is 11.4. The van der Waals surface area contributed by atoms with E-state index >= 15 is 0 Å². The van der Waals surface area contributed by atoms with Gasteiger partial charge < -0.3 is 0 Å². The van der Waals surface area contributed by atoms with Gasteiger partial charge in [0.25, 0.3) is 0 Å². The molecule has 0 aliphatic carbocycles. The maximum Gasteiger partial charge on any atom is 0.143 e. The van der Waals surface area contributed by atoms with Gasteiger partial charge in [-0.05, 0) is 32.9 Å². The molecule has 0 radical (unpaired) electrons. The van der Waals surface area contributed by atoms with E-state index in [1.54, 1.807) is 6.92 Å². The molecular formula is C19H39NO. The van der Waals surface area contributed by atoms with Gasteiger partial charge in [0.15, 0.2) is 0 Å². The van der Waals surface area contributed by atoms with E-state index in [4.69, 9.17) is 0 Å². The Kier molecular flexibility index (Phi) is 15.7. The van der Waals surface area contributed by atoms with E-state index in [0.29, 0.717) is 12.3 Å². The van der Waals surface area contributed by atoms with Crippen molar-refractivity contribution in [3.63, 3.8) is 0 Å². The summed E-state index contributed by atoms with van der Waals surface area (Å²) in [6, 6.07) is 0. The molecule has 0 heterocycles. The highest BCUT2D eigenvalue weighted by molar-refractivity contribution is 5.77. The molecule has 126 valence electrons. The lowest BCUT2D eigenvalue weighted by Gasteiger charge is -2.20. The monoisotopic (exact) mass is 297 g/mol. The molecule has 0 rings (SSSR count). The third-order valence-corrected chi connectivity index (χ3v) is 4.10. The van der Waals surface area contributed by atoms with Crippen LogP contribution in [-0.4, -0.2) is 30.3 Å². The van der Waals surface area contributed by atoms with Gasteiger partial charge >= 0.3 is 0 Å². The second kappa shape index (κ2) is 16.0. The van der Waals surface area contributed by atoms with E-state index < -0.39 is 0 Å². The lowest BCUT2D eigenvalue weighted by Crippen LogP contribution is -2.30. The van der Waals surface area contributed by atoms with Gasteiger partial charge in [-0.2, -0.15) is 0 Å². The summed E-state index contributed by atoms with van der Waals surface area (Å²) in [5, 5.41) is 0. The fourth-order valence-electron chi connectivity index (χ4n) is 2.82. The molecule has 0 unspecified atom stereocenters. The Morgan fingerprint density at radius 1 is 0.667 bits per heavy atom. The zero-order valence-corrected chi connectivity index (χ0v) is 15.0. The molecule has 0 aromatic heterocycles. The number of hydrogen-bond donors (Lipinski definition) is 0. The first-order chi connectivity index (χ1) is 10.2. The third kappa shape index (κ3) is 15.8. The van der Waals surface area contributed by atoms with E-state index in [9.17, 15) is 4.79 Å². The van der Waals surface area contributed by atoms with Crippen molar-refractivity contribution in [1.82, 2.24) is 4.90 Å². The summed E-state index contributed by atoms with van der Waals surface area (Å²) >= 11 is 0. The van der Waals surface area contributed by atoms with Crippen LogP contribution in [0.1, 0.15) is 97.8 Å². The van der Waals surface area contributed by atoms with Crippen LogP contribution in [0.3, 0.4) is 0 Å². The first kappa shape index (κ1) is 20.6. The number of unbranched alkanes of at least 4 members (excludes halogenated alkanes) is 10. The number of hydrogen-bond acceptors (Lipinski definition) is 2.